The van der Waals surface area contributed by atoms with Crippen LogP contribution in [0.5, 0.6) is 0 Å². The predicted molar refractivity (Wildman–Crippen MR) is 94.7 cm³/mol. The van der Waals surface area contributed by atoms with Crippen molar-refractivity contribution in [2.75, 3.05) is 0 Å². The Labute approximate surface area is 147 Å². The predicted octanol–water partition coefficient (Wildman–Crippen LogP) is 4.09. The van der Waals surface area contributed by atoms with Crippen molar-refractivity contribution in [1.82, 2.24) is 14.5 Å². The summed E-state index contributed by atoms with van der Waals surface area (Å²) in [7, 11) is 0. The Hall–Kier alpha value is -3.35. The highest BCUT2D eigenvalue weighted by Gasteiger charge is 2.25. The van der Waals surface area contributed by atoms with Gasteiger partial charge < -0.3 is 4.57 Å². The Bertz CT molecular complexity index is 1300. The van der Waals surface area contributed by atoms with Crippen molar-refractivity contribution >= 4 is 33.7 Å². The van der Waals surface area contributed by atoms with Gasteiger partial charge >= 0.3 is 0 Å². The molecule has 0 aliphatic carbocycles. The molecule has 116 valence electrons. The van der Waals surface area contributed by atoms with Crippen molar-refractivity contribution in [3.05, 3.63) is 53.3 Å². The Morgan fingerprint density at radius 3 is 2.64 bits per heavy atom. The van der Waals surface area contributed by atoms with E-state index in [0.29, 0.717) is 11.1 Å². The molecule has 0 bridgehead atoms. The molecule has 3 heterocycles. The smallest absolute Gasteiger partial charge is 0.129 e. The van der Waals surface area contributed by atoms with Gasteiger partial charge in [-0.3, -0.25) is 0 Å². The van der Waals surface area contributed by atoms with Gasteiger partial charge in [0.2, 0.25) is 0 Å². The van der Waals surface area contributed by atoms with Crippen LogP contribution in [-0.2, 0) is 0 Å². The second-order valence-corrected chi connectivity index (χ2v) is 6.95. The molecule has 0 saturated heterocycles. The van der Waals surface area contributed by atoms with Crippen molar-refractivity contribution in [3.8, 4) is 17.8 Å². The number of fused-ring (bicyclic) bond motifs is 5. The zero-order chi connectivity index (χ0) is 17.1. The quantitative estimate of drug-likeness (QED) is 0.397. The maximum Gasteiger partial charge on any atom is 0.129 e. The molecule has 5 nitrogen and oxygen atoms in total. The minimum Gasteiger partial charge on any atom is -0.304 e. The average Bonchev–Trinajstić information content (AvgIpc) is 2.96. The molecule has 1 aliphatic heterocycles. The minimum absolute atomic E-state index is 0.379. The van der Waals surface area contributed by atoms with E-state index in [2.05, 4.69) is 51.8 Å². The lowest BCUT2D eigenvalue weighted by molar-refractivity contribution is 1.01. The third-order valence-corrected chi connectivity index (χ3v) is 5.49. The lowest BCUT2D eigenvalue weighted by atomic mass is 10.1. The summed E-state index contributed by atoms with van der Waals surface area (Å²) in [6, 6.07) is 14.0. The van der Waals surface area contributed by atoms with E-state index in [-0.39, 0.29) is 0 Å². The number of hydrogen-bond donors (Lipinski definition) is 0. The van der Waals surface area contributed by atoms with Gasteiger partial charge in [0, 0.05) is 10.3 Å². The molecule has 25 heavy (non-hydrogen) atoms. The maximum atomic E-state index is 9.40. The molecule has 4 aromatic rings. The standard InChI is InChI=1S/C19H9N5S/c1-10-2-3-14-13(4-10)17-18-19(23-9-22-17)25-16-6-12(8-21)11(7-20)5-15(16)24(14)18/h2-6,9H,1H3. The molecule has 2 aromatic heterocycles. The molecule has 0 N–H and O–H groups in total. The van der Waals surface area contributed by atoms with Crippen LogP contribution in [0, 0.1) is 29.6 Å². The van der Waals surface area contributed by atoms with E-state index in [1.54, 1.807) is 18.5 Å². The molecule has 0 atom stereocenters. The normalized spacial score (nSPS) is 12.0. The van der Waals surface area contributed by atoms with Crippen LogP contribution < -0.4 is 0 Å². The van der Waals surface area contributed by atoms with Gasteiger partial charge in [0.05, 0.1) is 22.3 Å². The van der Waals surface area contributed by atoms with Crippen molar-refractivity contribution in [1.29, 1.82) is 10.5 Å². The monoisotopic (exact) mass is 339 g/mol. The van der Waals surface area contributed by atoms with Crippen LogP contribution >= 0.6 is 11.8 Å². The van der Waals surface area contributed by atoms with Gasteiger partial charge in [-0.25, -0.2) is 9.97 Å². The van der Waals surface area contributed by atoms with Gasteiger partial charge in [-0.05, 0) is 31.2 Å². The van der Waals surface area contributed by atoms with E-state index < -0.39 is 0 Å². The van der Waals surface area contributed by atoms with Crippen LogP contribution in [0.1, 0.15) is 16.7 Å². The van der Waals surface area contributed by atoms with Gasteiger partial charge in [-0.15, -0.1) is 0 Å². The Kier molecular flexibility index (Phi) is 2.71. The summed E-state index contributed by atoms with van der Waals surface area (Å²) in [6.07, 6.45) is 1.58. The van der Waals surface area contributed by atoms with E-state index in [0.717, 1.165) is 43.1 Å². The van der Waals surface area contributed by atoms with Gasteiger partial charge in [-0.1, -0.05) is 23.4 Å². The summed E-state index contributed by atoms with van der Waals surface area (Å²) >= 11 is 1.51. The summed E-state index contributed by atoms with van der Waals surface area (Å²) in [4.78, 5) is 9.85. The molecule has 6 heteroatoms. The number of aromatic nitrogens is 3. The third-order valence-electron chi connectivity index (χ3n) is 4.45. The summed E-state index contributed by atoms with van der Waals surface area (Å²) in [5, 5.41) is 20.6. The van der Waals surface area contributed by atoms with Crippen molar-refractivity contribution in [2.45, 2.75) is 16.8 Å². The second kappa shape index (κ2) is 4.83. The van der Waals surface area contributed by atoms with Gasteiger partial charge in [0.15, 0.2) is 0 Å². The van der Waals surface area contributed by atoms with Crippen LogP contribution in [0.25, 0.3) is 27.6 Å². The number of nitriles is 2. The number of aryl methyl sites for hydroxylation is 1. The summed E-state index contributed by atoms with van der Waals surface area (Å²) < 4.78 is 2.10. The molecular weight excluding hydrogens is 330 g/mol. The van der Waals surface area contributed by atoms with Gasteiger partial charge in [0.25, 0.3) is 0 Å². The lowest BCUT2D eigenvalue weighted by Gasteiger charge is -2.19. The SMILES string of the molecule is Cc1ccc2c(c1)c1ncnc3c1n2-c1cc(C#N)c(C#N)cc1S3. The number of benzene rings is 2. The minimum atomic E-state index is 0.379. The van der Waals surface area contributed by atoms with Crippen molar-refractivity contribution in [3.63, 3.8) is 0 Å². The zero-order valence-corrected chi connectivity index (χ0v) is 13.9. The van der Waals surface area contributed by atoms with Crippen LogP contribution in [0.4, 0.5) is 0 Å². The number of hydrogen-bond acceptors (Lipinski definition) is 5. The average molecular weight is 339 g/mol. The van der Waals surface area contributed by atoms with Crippen LogP contribution in [0.2, 0.25) is 0 Å². The van der Waals surface area contributed by atoms with Crippen LogP contribution in [0.3, 0.4) is 0 Å². The van der Waals surface area contributed by atoms with E-state index >= 15 is 0 Å². The fraction of sp³-hybridized carbons (Fsp3) is 0.0526. The van der Waals surface area contributed by atoms with E-state index in [4.69, 9.17) is 0 Å². The zero-order valence-electron chi connectivity index (χ0n) is 13.1. The van der Waals surface area contributed by atoms with Crippen molar-refractivity contribution < 1.29 is 0 Å². The molecule has 0 fully saturated rings. The molecule has 0 radical (unpaired) electrons. The molecule has 0 amide bonds. The number of nitrogens with zero attached hydrogens (tertiary/aromatic N) is 5. The van der Waals surface area contributed by atoms with Gasteiger partial charge in [-0.2, -0.15) is 10.5 Å². The lowest BCUT2D eigenvalue weighted by Crippen LogP contribution is -2.04. The summed E-state index contributed by atoms with van der Waals surface area (Å²) in [5.74, 6) is 0. The highest BCUT2D eigenvalue weighted by atomic mass is 32.2. The van der Waals surface area contributed by atoms with Crippen LogP contribution in [0.15, 0.2) is 46.6 Å². The topological polar surface area (TPSA) is 78.3 Å². The molecule has 2 aromatic carbocycles. The summed E-state index contributed by atoms with van der Waals surface area (Å²) in [5.41, 5.74) is 5.71. The Balaban J connectivity index is 2.01. The molecule has 0 unspecified atom stereocenters. The largest absolute Gasteiger partial charge is 0.304 e. The van der Waals surface area contributed by atoms with E-state index in [1.165, 1.54) is 11.8 Å². The maximum absolute atomic E-state index is 9.40. The first-order valence-electron chi connectivity index (χ1n) is 7.63. The molecule has 0 saturated carbocycles. The molecule has 0 spiro atoms. The highest BCUT2D eigenvalue weighted by molar-refractivity contribution is 7.99. The Morgan fingerprint density at radius 1 is 1.04 bits per heavy atom. The number of rotatable bonds is 0. The molecule has 1 aliphatic rings. The van der Waals surface area contributed by atoms with Crippen molar-refractivity contribution in [2.24, 2.45) is 0 Å². The third kappa shape index (κ3) is 1.77. The first kappa shape index (κ1) is 14.0. The first-order valence-corrected chi connectivity index (χ1v) is 8.45. The first-order chi connectivity index (χ1) is 12.2. The summed E-state index contributed by atoms with van der Waals surface area (Å²) in [6.45, 7) is 2.06. The fourth-order valence-electron chi connectivity index (χ4n) is 3.36. The molecular formula is C19H9N5S. The van der Waals surface area contributed by atoms with E-state index in [1.807, 2.05) is 0 Å². The Morgan fingerprint density at radius 2 is 1.84 bits per heavy atom. The van der Waals surface area contributed by atoms with Gasteiger partial charge in [0.1, 0.15) is 34.5 Å². The second-order valence-electron chi connectivity index (χ2n) is 5.92. The fourth-order valence-corrected chi connectivity index (χ4v) is 4.38. The molecule has 5 rings (SSSR count). The van der Waals surface area contributed by atoms with Crippen LogP contribution in [-0.4, -0.2) is 14.5 Å². The highest BCUT2D eigenvalue weighted by Crippen LogP contribution is 2.45. The van der Waals surface area contributed by atoms with E-state index in [9.17, 15) is 10.5 Å².